The summed E-state index contributed by atoms with van der Waals surface area (Å²) in [6.45, 7) is 0.942. The summed E-state index contributed by atoms with van der Waals surface area (Å²) in [6, 6.07) is 4.01. The third-order valence-corrected chi connectivity index (χ3v) is 3.78. The van der Waals surface area contributed by atoms with Crippen molar-refractivity contribution in [3.8, 4) is 0 Å². The number of carboxylic acids is 1. The minimum absolute atomic E-state index is 0.116. The number of non-ortho nitro benzene ring substituents is 1. The predicted molar refractivity (Wildman–Crippen MR) is 77.0 cm³/mol. The average molecular weight is 308 g/mol. The molecule has 0 spiro atoms. The van der Waals surface area contributed by atoms with E-state index < -0.39 is 22.8 Å². The first-order chi connectivity index (χ1) is 10.4. The normalized spacial score (nSPS) is 15.4. The van der Waals surface area contributed by atoms with E-state index in [1.54, 1.807) is 0 Å². The number of methoxy groups -OCH3 is 1. The van der Waals surface area contributed by atoms with Crippen molar-refractivity contribution in [2.75, 3.05) is 25.1 Å². The van der Waals surface area contributed by atoms with Gasteiger partial charge >= 0.3 is 11.9 Å². The Morgan fingerprint density at radius 2 is 2.00 bits per heavy atom. The van der Waals surface area contributed by atoms with Gasteiger partial charge < -0.3 is 14.7 Å². The molecule has 0 amide bonds. The molecule has 0 aliphatic carbocycles. The highest BCUT2D eigenvalue weighted by atomic mass is 16.6. The van der Waals surface area contributed by atoms with E-state index in [4.69, 9.17) is 5.11 Å². The molecule has 1 aliphatic rings. The van der Waals surface area contributed by atoms with Gasteiger partial charge in [-0.1, -0.05) is 0 Å². The lowest BCUT2D eigenvalue weighted by atomic mass is 9.96. The van der Waals surface area contributed by atoms with E-state index in [0.717, 1.165) is 0 Å². The Kier molecular flexibility index (Phi) is 4.59. The van der Waals surface area contributed by atoms with Crippen molar-refractivity contribution in [3.05, 3.63) is 33.9 Å². The first-order valence-electron chi connectivity index (χ1n) is 6.78. The molecule has 1 aromatic rings. The van der Waals surface area contributed by atoms with Gasteiger partial charge in [-0.15, -0.1) is 0 Å². The summed E-state index contributed by atoms with van der Waals surface area (Å²) >= 11 is 0. The maximum Gasteiger partial charge on any atom is 0.340 e. The maximum absolute atomic E-state index is 11.9. The largest absolute Gasteiger partial charge is 0.481 e. The zero-order chi connectivity index (χ0) is 16.3. The summed E-state index contributed by atoms with van der Waals surface area (Å²) in [7, 11) is 1.21. The molecule has 1 saturated heterocycles. The Hall–Kier alpha value is -2.64. The quantitative estimate of drug-likeness (QED) is 0.512. The van der Waals surface area contributed by atoms with Crippen molar-refractivity contribution in [1.82, 2.24) is 0 Å². The Balaban J connectivity index is 2.29. The van der Waals surface area contributed by atoms with Gasteiger partial charge in [0.2, 0.25) is 0 Å². The van der Waals surface area contributed by atoms with Gasteiger partial charge in [-0.05, 0) is 18.9 Å². The lowest BCUT2D eigenvalue weighted by molar-refractivity contribution is -0.384. The van der Waals surface area contributed by atoms with Gasteiger partial charge in [-0.3, -0.25) is 14.9 Å². The summed E-state index contributed by atoms with van der Waals surface area (Å²) in [4.78, 5) is 35.0. The zero-order valence-corrected chi connectivity index (χ0v) is 12.0. The van der Waals surface area contributed by atoms with Crippen LogP contribution in [-0.2, 0) is 9.53 Å². The molecule has 0 atom stereocenters. The molecular weight excluding hydrogens is 292 g/mol. The van der Waals surface area contributed by atoms with Crippen molar-refractivity contribution in [1.29, 1.82) is 0 Å². The number of carboxylic acid groups (broad SMARTS) is 1. The summed E-state index contributed by atoms with van der Waals surface area (Å²) in [5.74, 6) is -1.87. The number of anilines is 1. The SMILES string of the molecule is COC(=O)c1cc([N+](=O)[O-])ccc1N1CCC(C(=O)O)CC1. The number of ether oxygens (including phenoxy) is 1. The van der Waals surface area contributed by atoms with Gasteiger partial charge in [0.05, 0.1) is 29.2 Å². The van der Waals surface area contributed by atoms with Crippen LogP contribution in [0.4, 0.5) is 11.4 Å². The molecule has 1 aromatic carbocycles. The molecule has 0 bridgehead atoms. The first kappa shape index (κ1) is 15.7. The number of benzene rings is 1. The van der Waals surface area contributed by atoms with Gasteiger partial charge in [0.1, 0.15) is 0 Å². The van der Waals surface area contributed by atoms with E-state index in [-0.39, 0.29) is 11.3 Å². The van der Waals surface area contributed by atoms with E-state index >= 15 is 0 Å². The van der Waals surface area contributed by atoms with E-state index in [9.17, 15) is 19.7 Å². The van der Waals surface area contributed by atoms with E-state index in [2.05, 4.69) is 4.74 Å². The molecule has 22 heavy (non-hydrogen) atoms. The summed E-state index contributed by atoms with van der Waals surface area (Å²) < 4.78 is 4.68. The van der Waals surface area contributed by atoms with Crippen LogP contribution >= 0.6 is 0 Å². The Bertz CT molecular complexity index is 607. The van der Waals surface area contributed by atoms with Gasteiger partial charge in [0, 0.05) is 25.2 Å². The Labute approximate surface area is 126 Å². The molecule has 8 nitrogen and oxygen atoms in total. The minimum Gasteiger partial charge on any atom is -0.481 e. The van der Waals surface area contributed by atoms with Gasteiger partial charge in [-0.25, -0.2) is 4.79 Å². The number of aliphatic carboxylic acids is 1. The molecule has 8 heteroatoms. The van der Waals surface area contributed by atoms with E-state index in [0.29, 0.717) is 31.6 Å². The summed E-state index contributed by atoms with van der Waals surface area (Å²) in [6.07, 6.45) is 0.930. The molecule has 1 N–H and O–H groups in total. The summed E-state index contributed by atoms with van der Waals surface area (Å²) in [5.41, 5.74) is 0.455. The number of nitrogens with zero attached hydrogens (tertiary/aromatic N) is 2. The summed E-state index contributed by atoms with van der Waals surface area (Å²) in [5, 5.41) is 19.9. The molecule has 118 valence electrons. The molecule has 1 aliphatic heterocycles. The first-order valence-corrected chi connectivity index (χ1v) is 6.78. The van der Waals surface area contributed by atoms with Crippen LogP contribution in [0.1, 0.15) is 23.2 Å². The maximum atomic E-state index is 11.9. The lowest BCUT2D eigenvalue weighted by Crippen LogP contribution is -2.37. The van der Waals surface area contributed by atoms with Crippen LogP contribution in [0, 0.1) is 16.0 Å². The fourth-order valence-electron chi connectivity index (χ4n) is 2.55. The van der Waals surface area contributed by atoms with Gasteiger partial charge in [0.25, 0.3) is 5.69 Å². The van der Waals surface area contributed by atoms with Crippen molar-refractivity contribution in [2.24, 2.45) is 5.92 Å². The molecular formula is C14H16N2O6. The zero-order valence-electron chi connectivity index (χ0n) is 12.0. The smallest absolute Gasteiger partial charge is 0.340 e. The van der Waals surface area contributed by atoms with E-state index in [1.165, 1.54) is 25.3 Å². The number of hydrogen-bond donors (Lipinski definition) is 1. The number of carbonyl (C=O) groups is 2. The van der Waals surface area contributed by atoms with Crippen molar-refractivity contribution < 1.29 is 24.4 Å². The fraction of sp³-hybridized carbons (Fsp3) is 0.429. The third-order valence-electron chi connectivity index (χ3n) is 3.78. The lowest BCUT2D eigenvalue weighted by Gasteiger charge is -2.32. The van der Waals surface area contributed by atoms with Gasteiger partial charge in [0.15, 0.2) is 0 Å². The van der Waals surface area contributed by atoms with Crippen LogP contribution in [0.25, 0.3) is 0 Å². The molecule has 1 heterocycles. The monoisotopic (exact) mass is 308 g/mol. The van der Waals surface area contributed by atoms with Crippen LogP contribution in [-0.4, -0.2) is 42.2 Å². The third kappa shape index (κ3) is 3.16. The van der Waals surface area contributed by atoms with Crippen molar-refractivity contribution >= 4 is 23.3 Å². The second-order valence-electron chi connectivity index (χ2n) is 5.05. The average Bonchev–Trinajstić information content (AvgIpc) is 2.53. The molecule has 0 radical (unpaired) electrons. The predicted octanol–water partition coefficient (Wildman–Crippen LogP) is 1.68. The molecule has 0 saturated carbocycles. The number of piperidine rings is 1. The Morgan fingerprint density at radius 3 is 2.50 bits per heavy atom. The van der Waals surface area contributed by atoms with Crippen LogP contribution in [0.5, 0.6) is 0 Å². The second-order valence-corrected chi connectivity index (χ2v) is 5.05. The molecule has 0 aromatic heterocycles. The molecule has 1 fully saturated rings. The number of rotatable bonds is 4. The van der Waals surface area contributed by atoms with Crippen molar-refractivity contribution in [3.63, 3.8) is 0 Å². The number of nitro groups is 1. The van der Waals surface area contributed by atoms with E-state index in [1.807, 2.05) is 4.90 Å². The highest BCUT2D eigenvalue weighted by molar-refractivity contribution is 5.96. The fourth-order valence-corrected chi connectivity index (χ4v) is 2.55. The number of esters is 1. The van der Waals surface area contributed by atoms with Crippen LogP contribution in [0.2, 0.25) is 0 Å². The van der Waals surface area contributed by atoms with Crippen LogP contribution in [0.15, 0.2) is 18.2 Å². The van der Waals surface area contributed by atoms with Crippen LogP contribution < -0.4 is 4.90 Å². The highest BCUT2D eigenvalue weighted by Crippen LogP contribution is 2.29. The number of nitro benzene ring substituents is 1. The Morgan fingerprint density at radius 1 is 1.36 bits per heavy atom. The minimum atomic E-state index is -0.823. The van der Waals surface area contributed by atoms with Gasteiger partial charge in [-0.2, -0.15) is 0 Å². The topological polar surface area (TPSA) is 110 Å². The van der Waals surface area contributed by atoms with Crippen LogP contribution in [0.3, 0.4) is 0 Å². The molecule has 0 unspecified atom stereocenters. The van der Waals surface area contributed by atoms with Crippen molar-refractivity contribution in [2.45, 2.75) is 12.8 Å². The second kappa shape index (κ2) is 6.42. The standard InChI is InChI=1S/C14H16N2O6/c1-22-14(19)11-8-10(16(20)21)2-3-12(11)15-6-4-9(5-7-15)13(17)18/h2-3,8-9H,4-7H2,1H3,(H,17,18). The number of hydrogen-bond acceptors (Lipinski definition) is 6. The highest BCUT2D eigenvalue weighted by Gasteiger charge is 2.27. The molecule has 2 rings (SSSR count). The number of carbonyl (C=O) groups excluding carboxylic acids is 1.